The normalized spacial score (nSPS) is 0. The summed E-state index contributed by atoms with van der Waals surface area (Å²) in [4.78, 5) is 0. The topological polar surface area (TPSA) is 0 Å². The first-order chi connectivity index (χ1) is 0. The van der Waals surface area contributed by atoms with Gasteiger partial charge in [0.25, 0.3) is 0 Å². The van der Waals surface area contributed by atoms with Gasteiger partial charge in [-0.1, -0.05) is 0 Å². The van der Waals surface area contributed by atoms with Gasteiger partial charge in [0, 0.05) is 19.5 Å². The van der Waals surface area contributed by atoms with Crippen molar-refractivity contribution in [3.63, 3.8) is 0 Å². The molecule has 6 heteroatoms. The van der Waals surface area contributed by atoms with Crippen molar-refractivity contribution in [2.75, 3.05) is 0 Å². The molecule has 0 bridgehead atoms. The molecule has 2 radical (unpaired) electrons. The molecule has 0 N–H and O–H groups in total. The quantitative estimate of drug-likeness (QED) is 0.247. The fraction of sp³-hybridized carbons (Fsp3) is 0. The maximum Gasteiger partial charge on any atom is 0 e. The Bertz CT molecular complexity index is 15.5. The molecule has 0 saturated heterocycles. The molecule has 0 aliphatic rings. The molecule has 24 valence electrons. The fourth-order valence-corrected chi connectivity index (χ4v) is 0. The van der Waals surface area contributed by atoms with Crippen LogP contribution in [0.5, 0.6) is 0 Å². The van der Waals surface area contributed by atoms with Gasteiger partial charge in [0.15, 0.2) is 0 Å². The molecule has 0 atom stereocenters. The molecule has 0 heterocycles. The van der Waals surface area contributed by atoms with Gasteiger partial charge < -0.3 is 0 Å². The Hall–Kier alpha value is 6.79. The van der Waals surface area contributed by atoms with Gasteiger partial charge in [-0.2, -0.15) is 0 Å². The molecular formula is H10CsGaInRbSnZn. The van der Waals surface area contributed by atoms with Crippen molar-refractivity contribution in [3.8, 4) is 0 Å². The van der Waals surface area contributed by atoms with E-state index >= 15 is 0 Å². The Morgan fingerprint density at radius 1 is 1.00 bits per heavy atom. The third kappa shape index (κ3) is 22.4. The monoisotopic (exact) mass is 596 g/mol. The summed E-state index contributed by atoms with van der Waals surface area (Å²) in [6, 6.07) is 0. The molecule has 0 aromatic rings. The van der Waals surface area contributed by atoms with Crippen molar-refractivity contribution < 1.29 is 19.5 Å². The summed E-state index contributed by atoms with van der Waals surface area (Å²) in [7, 11) is 0. The second kappa shape index (κ2) is 29.8. The van der Waals surface area contributed by atoms with Crippen LogP contribution in [0, 0.1) is 0 Å². The SMILES string of the molecule is [CsH].[GaH3].[InH3].[RbH].[SnH2].[Zn]. The molecule has 0 aromatic heterocycles. The van der Waals surface area contributed by atoms with Gasteiger partial charge >= 0.3 is 197 Å². The van der Waals surface area contributed by atoms with Crippen LogP contribution in [0.3, 0.4) is 0 Å². The van der Waals surface area contributed by atoms with Crippen molar-refractivity contribution in [2.24, 2.45) is 0 Å². The summed E-state index contributed by atoms with van der Waals surface area (Å²) in [5.41, 5.74) is 0. The number of rotatable bonds is 0. The summed E-state index contributed by atoms with van der Waals surface area (Å²) in [5, 5.41) is 0. The van der Waals surface area contributed by atoms with Crippen LogP contribution in [0.15, 0.2) is 0 Å². The molecule has 0 rings (SSSR count). The van der Waals surface area contributed by atoms with Crippen LogP contribution in [0.4, 0.5) is 0 Å². The predicted molar refractivity (Wildman–Crippen MR) is 42.7 cm³/mol. The van der Waals surface area contributed by atoms with E-state index in [0.29, 0.717) is 0 Å². The summed E-state index contributed by atoms with van der Waals surface area (Å²) < 4.78 is 0. The van der Waals surface area contributed by atoms with Crippen LogP contribution in [-0.4, -0.2) is 197 Å². The summed E-state index contributed by atoms with van der Waals surface area (Å²) in [6.07, 6.45) is 0. The number of hydrogen-bond acceptors (Lipinski definition) is 0. The third-order valence-corrected chi connectivity index (χ3v) is 0. The molecule has 0 aromatic carbocycles. The molecule has 6 heavy (non-hydrogen) atoms. The van der Waals surface area contributed by atoms with Crippen molar-refractivity contribution in [2.45, 2.75) is 0 Å². The minimum absolute atomic E-state index is 0. The van der Waals surface area contributed by atoms with E-state index < -0.39 is 0 Å². The molecule has 0 fully saturated rings. The van der Waals surface area contributed by atoms with Crippen LogP contribution in [0.2, 0.25) is 0 Å². The van der Waals surface area contributed by atoms with Gasteiger partial charge in [-0.05, 0) is 0 Å². The predicted octanol–water partition coefficient (Wildman–Crippen LogP) is -4.58. The summed E-state index contributed by atoms with van der Waals surface area (Å²) in [6.45, 7) is 0. The first kappa shape index (κ1) is 38.6. The van der Waals surface area contributed by atoms with Crippen molar-refractivity contribution in [1.29, 1.82) is 0 Å². The van der Waals surface area contributed by atoms with E-state index in [1.807, 2.05) is 0 Å². The fourth-order valence-electron chi connectivity index (χ4n) is 0. The Balaban J connectivity index is 0. The van der Waals surface area contributed by atoms with Crippen LogP contribution >= 0.6 is 0 Å². The Labute approximate surface area is 208 Å². The molecule has 0 nitrogen and oxygen atoms in total. The molecule has 0 unspecified atom stereocenters. The summed E-state index contributed by atoms with van der Waals surface area (Å²) in [5.74, 6) is 0. The van der Waals surface area contributed by atoms with Gasteiger partial charge in [0.05, 0.1) is 0 Å². The van der Waals surface area contributed by atoms with E-state index in [4.69, 9.17) is 0 Å². The van der Waals surface area contributed by atoms with E-state index in [1.54, 1.807) is 0 Å². The zero-order valence-electron chi connectivity index (χ0n) is 1.41. The van der Waals surface area contributed by atoms with Gasteiger partial charge in [0.2, 0.25) is 0 Å². The Morgan fingerprint density at radius 2 is 1.00 bits per heavy atom. The molecule has 0 aliphatic carbocycles. The molecular weight excluding hydrogens is 587 g/mol. The molecule has 0 amide bonds. The Morgan fingerprint density at radius 3 is 1.00 bits per heavy atom. The van der Waals surface area contributed by atoms with Crippen LogP contribution < -0.4 is 0 Å². The smallest absolute Gasteiger partial charge is 0 e. The van der Waals surface area contributed by atoms with E-state index in [0.717, 1.165) is 0 Å². The zero-order chi connectivity index (χ0) is 0. The summed E-state index contributed by atoms with van der Waals surface area (Å²) >= 11 is 0. The van der Waals surface area contributed by atoms with Crippen LogP contribution in [0.1, 0.15) is 0 Å². The first-order valence-corrected chi connectivity index (χ1v) is 0. The van der Waals surface area contributed by atoms with Gasteiger partial charge in [-0.3, -0.25) is 0 Å². The third-order valence-electron chi connectivity index (χ3n) is 0. The van der Waals surface area contributed by atoms with Crippen molar-refractivity contribution in [1.82, 2.24) is 0 Å². The van der Waals surface area contributed by atoms with Crippen LogP contribution in [0.25, 0.3) is 0 Å². The van der Waals surface area contributed by atoms with E-state index in [1.165, 1.54) is 0 Å². The Kier molecular flexibility index (Phi) is 191. The minimum atomic E-state index is 0. The van der Waals surface area contributed by atoms with E-state index in [9.17, 15) is 0 Å². The second-order valence-electron chi connectivity index (χ2n) is 0. The van der Waals surface area contributed by atoms with Gasteiger partial charge in [-0.25, -0.2) is 0 Å². The zero-order valence-corrected chi connectivity index (χ0v) is 8.42. The number of hydrogen-bond donors (Lipinski definition) is 0. The van der Waals surface area contributed by atoms with E-state index in [-0.39, 0.29) is 216 Å². The molecule has 0 saturated carbocycles. The maximum atomic E-state index is 0. The van der Waals surface area contributed by atoms with Crippen molar-refractivity contribution >= 4 is 197 Å². The van der Waals surface area contributed by atoms with E-state index in [2.05, 4.69) is 0 Å². The average Bonchev–Trinajstić information content (AvgIpc) is 0. The van der Waals surface area contributed by atoms with Gasteiger partial charge in [-0.15, -0.1) is 0 Å². The van der Waals surface area contributed by atoms with Crippen molar-refractivity contribution in [3.05, 3.63) is 0 Å². The largest absolute Gasteiger partial charge is 0 e. The molecule has 0 aliphatic heterocycles. The standard InChI is InChI=1S/Cs.Ga.In.Rb.Sn.Zn.10H. The second-order valence-corrected chi connectivity index (χ2v) is 0. The minimum Gasteiger partial charge on any atom is 0 e. The maximum absolute atomic E-state index is 0. The first-order valence-electron chi connectivity index (χ1n) is 0. The van der Waals surface area contributed by atoms with Crippen LogP contribution in [-0.2, 0) is 19.5 Å². The molecule has 0 spiro atoms. The average molecular weight is 597 g/mol. The van der Waals surface area contributed by atoms with Gasteiger partial charge in [0.1, 0.15) is 0 Å².